The highest BCUT2D eigenvalue weighted by atomic mass is 16.1. The van der Waals surface area contributed by atoms with Gasteiger partial charge in [-0.25, -0.2) is 0 Å². The second kappa shape index (κ2) is 7.59. The van der Waals surface area contributed by atoms with Gasteiger partial charge in [-0.1, -0.05) is 20.8 Å². The van der Waals surface area contributed by atoms with E-state index in [1.54, 1.807) is 0 Å². The molecule has 2 heterocycles. The van der Waals surface area contributed by atoms with Crippen molar-refractivity contribution in [1.82, 2.24) is 20.4 Å². The van der Waals surface area contributed by atoms with Crippen LogP contribution in [0.5, 0.6) is 0 Å². The van der Waals surface area contributed by atoms with E-state index in [1.165, 1.54) is 25.9 Å². The number of hydrogen-bond acceptors (Lipinski definition) is 3. The molecule has 1 saturated heterocycles. The summed E-state index contributed by atoms with van der Waals surface area (Å²) in [5.74, 6) is 0.956. The minimum Gasteiger partial charge on any atom is -0.350 e. The fourth-order valence-electron chi connectivity index (χ4n) is 2.85. The predicted octanol–water partition coefficient (Wildman–Crippen LogP) is 2.07. The molecule has 1 unspecified atom stereocenters. The Balaban J connectivity index is 1.74. The molecule has 1 aromatic heterocycles. The Bertz CT molecular complexity index is 449. The Hall–Kier alpha value is -1.36. The zero-order chi connectivity index (χ0) is 15.2. The first kappa shape index (κ1) is 16.0. The zero-order valence-corrected chi connectivity index (χ0v) is 13.5. The van der Waals surface area contributed by atoms with Crippen molar-refractivity contribution in [3.63, 3.8) is 0 Å². The maximum atomic E-state index is 12.1. The molecular weight excluding hydrogens is 264 g/mol. The smallest absolute Gasteiger partial charge is 0.271 e. The quantitative estimate of drug-likeness (QED) is 0.809. The fraction of sp³-hybridized carbons (Fsp3) is 0.750. The molecule has 5 nitrogen and oxygen atoms in total. The molecule has 0 spiro atoms. The number of aromatic amines is 1. The van der Waals surface area contributed by atoms with Gasteiger partial charge in [-0.15, -0.1) is 0 Å². The highest BCUT2D eigenvalue weighted by Crippen LogP contribution is 2.10. The van der Waals surface area contributed by atoms with Crippen molar-refractivity contribution < 1.29 is 4.79 Å². The number of aromatic nitrogens is 2. The van der Waals surface area contributed by atoms with Crippen molar-refractivity contribution in [3.05, 3.63) is 17.5 Å². The molecule has 1 aliphatic heterocycles. The molecule has 0 aromatic carbocycles. The molecule has 0 radical (unpaired) electrons. The molecule has 2 rings (SSSR count). The predicted molar refractivity (Wildman–Crippen MR) is 84.3 cm³/mol. The number of nitrogens with zero attached hydrogens (tertiary/aromatic N) is 2. The number of rotatable bonds is 7. The molecule has 0 bridgehead atoms. The lowest BCUT2D eigenvalue weighted by Crippen LogP contribution is -2.34. The molecule has 1 aliphatic rings. The molecule has 21 heavy (non-hydrogen) atoms. The molecule has 5 heteroatoms. The summed E-state index contributed by atoms with van der Waals surface area (Å²) in [5, 5.41) is 10.0. The van der Waals surface area contributed by atoms with Crippen LogP contribution in [0.1, 0.15) is 49.8 Å². The van der Waals surface area contributed by atoms with Gasteiger partial charge >= 0.3 is 0 Å². The number of likely N-dealkylation sites (tertiary alicyclic amines) is 1. The van der Waals surface area contributed by atoms with Gasteiger partial charge in [-0.3, -0.25) is 9.89 Å². The van der Waals surface area contributed by atoms with E-state index < -0.39 is 0 Å². The minimum atomic E-state index is -0.0745. The van der Waals surface area contributed by atoms with Gasteiger partial charge in [-0.2, -0.15) is 5.10 Å². The molecule has 1 fully saturated rings. The van der Waals surface area contributed by atoms with E-state index in [0.29, 0.717) is 24.1 Å². The third-order valence-corrected chi connectivity index (χ3v) is 3.87. The molecule has 118 valence electrons. The standard InChI is InChI=1S/C16H28N4O/c1-12(2)8-14-9-15(19-18-14)16(21)17-10-13(3)11-20-6-4-5-7-20/h9,12-13H,4-8,10-11H2,1-3H3,(H,17,21)(H,18,19). The molecule has 2 N–H and O–H groups in total. The van der Waals surface area contributed by atoms with E-state index in [1.807, 2.05) is 6.07 Å². The monoisotopic (exact) mass is 292 g/mol. The summed E-state index contributed by atoms with van der Waals surface area (Å²) < 4.78 is 0. The normalized spacial score (nSPS) is 17.3. The van der Waals surface area contributed by atoms with Crippen LogP contribution in [0.25, 0.3) is 0 Å². The van der Waals surface area contributed by atoms with Crippen molar-refractivity contribution in [1.29, 1.82) is 0 Å². The topological polar surface area (TPSA) is 61.0 Å². The van der Waals surface area contributed by atoms with E-state index in [-0.39, 0.29) is 5.91 Å². The molecule has 0 saturated carbocycles. The van der Waals surface area contributed by atoms with E-state index in [4.69, 9.17) is 0 Å². The van der Waals surface area contributed by atoms with Gasteiger partial charge < -0.3 is 10.2 Å². The summed E-state index contributed by atoms with van der Waals surface area (Å²) in [6, 6.07) is 1.86. The van der Waals surface area contributed by atoms with E-state index >= 15 is 0 Å². The second-order valence-corrected chi connectivity index (χ2v) is 6.70. The highest BCUT2D eigenvalue weighted by Gasteiger charge is 2.16. The first-order chi connectivity index (χ1) is 10.0. The lowest BCUT2D eigenvalue weighted by molar-refractivity contribution is 0.0940. The van der Waals surface area contributed by atoms with Gasteiger partial charge in [0.15, 0.2) is 0 Å². The lowest BCUT2D eigenvalue weighted by atomic mass is 10.1. The highest BCUT2D eigenvalue weighted by molar-refractivity contribution is 5.92. The fourth-order valence-corrected chi connectivity index (χ4v) is 2.85. The van der Waals surface area contributed by atoms with Gasteiger partial charge in [0.25, 0.3) is 5.91 Å². The van der Waals surface area contributed by atoms with Gasteiger partial charge in [0.2, 0.25) is 0 Å². The van der Waals surface area contributed by atoms with Crippen LogP contribution >= 0.6 is 0 Å². The Morgan fingerprint density at radius 2 is 2.10 bits per heavy atom. The number of hydrogen-bond donors (Lipinski definition) is 2. The second-order valence-electron chi connectivity index (χ2n) is 6.70. The SMILES string of the molecule is CC(C)Cc1cc(C(=O)NCC(C)CN2CCCC2)n[nH]1. The van der Waals surface area contributed by atoms with Crippen LogP contribution in [0.2, 0.25) is 0 Å². The van der Waals surface area contributed by atoms with Gasteiger partial charge in [-0.05, 0) is 50.3 Å². The number of H-pyrrole nitrogens is 1. The van der Waals surface area contributed by atoms with Crippen molar-refractivity contribution in [2.24, 2.45) is 11.8 Å². The zero-order valence-electron chi connectivity index (χ0n) is 13.5. The van der Waals surface area contributed by atoms with Gasteiger partial charge in [0.1, 0.15) is 5.69 Å². The maximum absolute atomic E-state index is 12.1. The number of carbonyl (C=O) groups excluding carboxylic acids is 1. The van der Waals surface area contributed by atoms with Crippen LogP contribution in [0.3, 0.4) is 0 Å². The summed E-state index contributed by atoms with van der Waals surface area (Å²) in [7, 11) is 0. The molecule has 0 aliphatic carbocycles. The maximum Gasteiger partial charge on any atom is 0.271 e. The van der Waals surface area contributed by atoms with Crippen molar-refractivity contribution >= 4 is 5.91 Å². The molecule has 1 amide bonds. The first-order valence-electron chi connectivity index (χ1n) is 8.09. The van der Waals surface area contributed by atoms with Crippen LogP contribution in [-0.4, -0.2) is 47.2 Å². The average Bonchev–Trinajstić information content (AvgIpc) is 3.07. The number of nitrogens with one attached hydrogen (secondary N) is 2. The minimum absolute atomic E-state index is 0.0745. The Morgan fingerprint density at radius 3 is 2.76 bits per heavy atom. The van der Waals surface area contributed by atoms with E-state index in [0.717, 1.165) is 18.7 Å². The summed E-state index contributed by atoms with van der Waals surface area (Å²) in [4.78, 5) is 14.6. The first-order valence-corrected chi connectivity index (χ1v) is 8.09. The largest absolute Gasteiger partial charge is 0.350 e. The van der Waals surface area contributed by atoms with Gasteiger partial charge in [0, 0.05) is 18.8 Å². The molecule has 1 aromatic rings. The van der Waals surface area contributed by atoms with Crippen molar-refractivity contribution in [2.75, 3.05) is 26.2 Å². The van der Waals surface area contributed by atoms with Crippen LogP contribution in [0.15, 0.2) is 6.07 Å². The summed E-state index contributed by atoms with van der Waals surface area (Å²) >= 11 is 0. The number of amides is 1. The molecule has 1 atom stereocenters. The summed E-state index contributed by atoms with van der Waals surface area (Å²) in [6.45, 7) is 10.7. The Kier molecular flexibility index (Phi) is 5.79. The third kappa shape index (κ3) is 5.16. The average molecular weight is 292 g/mol. The summed E-state index contributed by atoms with van der Waals surface area (Å²) in [6.07, 6.45) is 3.54. The van der Waals surface area contributed by atoms with E-state index in [9.17, 15) is 4.79 Å². The number of carbonyl (C=O) groups is 1. The van der Waals surface area contributed by atoms with Crippen LogP contribution in [-0.2, 0) is 6.42 Å². The van der Waals surface area contributed by atoms with Gasteiger partial charge in [0.05, 0.1) is 0 Å². The third-order valence-electron chi connectivity index (χ3n) is 3.87. The van der Waals surface area contributed by atoms with Crippen molar-refractivity contribution in [2.45, 2.75) is 40.0 Å². The van der Waals surface area contributed by atoms with Crippen molar-refractivity contribution in [3.8, 4) is 0 Å². The summed E-state index contributed by atoms with van der Waals surface area (Å²) in [5.41, 5.74) is 1.53. The molecular formula is C16H28N4O. The van der Waals surface area contributed by atoms with Crippen LogP contribution in [0.4, 0.5) is 0 Å². The van der Waals surface area contributed by atoms with Crippen LogP contribution < -0.4 is 5.32 Å². The Morgan fingerprint density at radius 1 is 1.38 bits per heavy atom. The lowest BCUT2D eigenvalue weighted by Gasteiger charge is -2.20. The van der Waals surface area contributed by atoms with Crippen LogP contribution in [0, 0.1) is 11.8 Å². The van der Waals surface area contributed by atoms with E-state index in [2.05, 4.69) is 41.2 Å². The Labute approximate surface area is 127 Å².